The van der Waals surface area contributed by atoms with Crippen molar-refractivity contribution in [2.75, 3.05) is 19.7 Å². The fraction of sp³-hybridized carbons (Fsp3) is 0.500. The smallest absolute Gasteiger partial charge is 0.0628 e. The van der Waals surface area contributed by atoms with Gasteiger partial charge in [-0.2, -0.15) is 0 Å². The lowest BCUT2D eigenvalue weighted by Gasteiger charge is -2.42. The number of rotatable bonds is 3. The molecule has 1 N–H and O–H groups in total. The topological polar surface area (TPSA) is 23.5 Å². The van der Waals surface area contributed by atoms with Gasteiger partial charge in [-0.15, -0.1) is 0 Å². The first kappa shape index (κ1) is 9.69. The van der Waals surface area contributed by atoms with Gasteiger partial charge in [-0.25, -0.2) is 0 Å². The van der Waals surface area contributed by atoms with Crippen LogP contribution < -0.4 is 0 Å². The lowest BCUT2D eigenvalue weighted by Crippen LogP contribution is -2.48. The predicted molar refractivity (Wildman–Crippen MR) is 57.0 cm³/mol. The maximum atomic E-state index is 9.36. The summed E-state index contributed by atoms with van der Waals surface area (Å²) in [5.41, 5.74) is 1.22. The van der Waals surface area contributed by atoms with E-state index in [1.807, 2.05) is 18.2 Å². The first-order chi connectivity index (χ1) is 6.81. The van der Waals surface area contributed by atoms with E-state index in [1.165, 1.54) is 5.56 Å². The van der Waals surface area contributed by atoms with Gasteiger partial charge >= 0.3 is 0 Å². The average Bonchev–Trinajstić information content (AvgIpc) is 2.18. The zero-order valence-electron chi connectivity index (χ0n) is 8.56. The molecule has 1 aromatic carbocycles. The van der Waals surface area contributed by atoms with E-state index in [0.29, 0.717) is 0 Å². The Morgan fingerprint density at radius 2 is 2.00 bits per heavy atom. The Morgan fingerprint density at radius 1 is 1.36 bits per heavy atom. The van der Waals surface area contributed by atoms with Gasteiger partial charge in [0.15, 0.2) is 0 Å². The molecule has 2 heteroatoms. The summed E-state index contributed by atoms with van der Waals surface area (Å²) in [5, 5.41) is 9.36. The third kappa shape index (κ3) is 1.81. The van der Waals surface area contributed by atoms with Crippen LogP contribution >= 0.6 is 0 Å². The highest BCUT2D eigenvalue weighted by atomic mass is 16.3. The van der Waals surface area contributed by atoms with Crippen molar-refractivity contribution in [3.63, 3.8) is 0 Å². The molecule has 1 aromatic rings. The lowest BCUT2D eigenvalue weighted by atomic mass is 9.96. The molecule has 0 saturated carbocycles. The van der Waals surface area contributed by atoms with Crippen molar-refractivity contribution in [2.45, 2.75) is 13.0 Å². The average molecular weight is 191 g/mol. The second-order valence-electron chi connectivity index (χ2n) is 4.17. The van der Waals surface area contributed by atoms with Crippen LogP contribution in [0, 0.1) is 5.92 Å². The Kier molecular flexibility index (Phi) is 2.85. The molecule has 0 aliphatic carbocycles. The first-order valence-electron chi connectivity index (χ1n) is 5.21. The molecule has 1 saturated heterocycles. The second kappa shape index (κ2) is 4.11. The Hall–Kier alpha value is -0.860. The van der Waals surface area contributed by atoms with Gasteiger partial charge in [-0.1, -0.05) is 37.3 Å². The molecule has 1 aliphatic rings. The third-order valence-corrected chi connectivity index (χ3v) is 2.89. The normalized spacial score (nSPS) is 20.4. The molecule has 0 bridgehead atoms. The van der Waals surface area contributed by atoms with Crippen LogP contribution in [0.25, 0.3) is 0 Å². The molecule has 76 valence electrons. The molecular weight excluding hydrogens is 174 g/mol. The van der Waals surface area contributed by atoms with Crippen molar-refractivity contribution in [1.82, 2.24) is 4.90 Å². The Bertz CT molecular complexity index is 280. The maximum Gasteiger partial charge on any atom is 0.0628 e. The van der Waals surface area contributed by atoms with Gasteiger partial charge < -0.3 is 5.11 Å². The minimum atomic E-state index is 0.201. The fourth-order valence-corrected chi connectivity index (χ4v) is 2.11. The van der Waals surface area contributed by atoms with Crippen molar-refractivity contribution in [3.05, 3.63) is 35.9 Å². The van der Waals surface area contributed by atoms with Crippen LogP contribution in [0.3, 0.4) is 0 Å². The number of aliphatic hydroxyl groups is 1. The van der Waals surface area contributed by atoms with Crippen molar-refractivity contribution < 1.29 is 5.11 Å². The summed E-state index contributed by atoms with van der Waals surface area (Å²) in [6.07, 6.45) is 0. The van der Waals surface area contributed by atoms with E-state index in [2.05, 4.69) is 24.0 Å². The number of nitrogens with zero attached hydrogens (tertiary/aromatic N) is 1. The van der Waals surface area contributed by atoms with E-state index in [9.17, 15) is 5.11 Å². The molecule has 0 aromatic heterocycles. The number of hydrogen-bond acceptors (Lipinski definition) is 2. The van der Waals surface area contributed by atoms with E-state index in [0.717, 1.165) is 19.0 Å². The fourth-order valence-electron chi connectivity index (χ4n) is 2.11. The van der Waals surface area contributed by atoms with Crippen LogP contribution in [0.15, 0.2) is 30.3 Å². The molecule has 1 aliphatic heterocycles. The van der Waals surface area contributed by atoms with E-state index < -0.39 is 0 Å². The third-order valence-electron chi connectivity index (χ3n) is 2.89. The van der Waals surface area contributed by atoms with E-state index >= 15 is 0 Å². The highest BCUT2D eigenvalue weighted by molar-refractivity contribution is 5.19. The van der Waals surface area contributed by atoms with Crippen LogP contribution in [0.1, 0.15) is 18.5 Å². The van der Waals surface area contributed by atoms with Crippen molar-refractivity contribution >= 4 is 0 Å². The predicted octanol–water partition coefficient (Wildman–Crippen LogP) is 1.67. The summed E-state index contributed by atoms with van der Waals surface area (Å²) in [5.74, 6) is 0.785. The summed E-state index contributed by atoms with van der Waals surface area (Å²) >= 11 is 0. The highest BCUT2D eigenvalue weighted by Gasteiger charge is 2.29. The zero-order valence-corrected chi connectivity index (χ0v) is 8.56. The summed E-state index contributed by atoms with van der Waals surface area (Å²) in [4.78, 5) is 2.33. The second-order valence-corrected chi connectivity index (χ2v) is 4.17. The number of likely N-dealkylation sites (tertiary alicyclic amines) is 1. The number of aliphatic hydroxyl groups excluding tert-OH is 1. The first-order valence-corrected chi connectivity index (χ1v) is 5.21. The van der Waals surface area contributed by atoms with Gasteiger partial charge in [0.1, 0.15) is 0 Å². The Balaban J connectivity index is 2.07. The van der Waals surface area contributed by atoms with Gasteiger partial charge in [-0.05, 0) is 11.5 Å². The summed E-state index contributed by atoms with van der Waals surface area (Å²) in [6, 6.07) is 10.4. The van der Waals surface area contributed by atoms with E-state index in [-0.39, 0.29) is 12.6 Å². The molecule has 0 unspecified atom stereocenters. The van der Waals surface area contributed by atoms with Gasteiger partial charge in [0.25, 0.3) is 0 Å². The molecule has 0 radical (unpaired) electrons. The van der Waals surface area contributed by atoms with Crippen LogP contribution in [0.4, 0.5) is 0 Å². The van der Waals surface area contributed by atoms with Gasteiger partial charge in [0, 0.05) is 13.1 Å². The molecule has 0 amide bonds. The van der Waals surface area contributed by atoms with Gasteiger partial charge in [0.05, 0.1) is 12.6 Å². The lowest BCUT2D eigenvalue weighted by molar-refractivity contribution is 0.0308. The molecule has 1 heterocycles. The summed E-state index contributed by atoms with van der Waals surface area (Å²) < 4.78 is 0. The van der Waals surface area contributed by atoms with Crippen LogP contribution in [0.5, 0.6) is 0 Å². The van der Waals surface area contributed by atoms with Gasteiger partial charge in [-0.3, -0.25) is 4.90 Å². The van der Waals surface area contributed by atoms with E-state index in [4.69, 9.17) is 0 Å². The van der Waals surface area contributed by atoms with Crippen molar-refractivity contribution in [2.24, 2.45) is 5.92 Å². The molecular formula is C12H17NO. The van der Waals surface area contributed by atoms with Crippen molar-refractivity contribution in [1.29, 1.82) is 0 Å². The Morgan fingerprint density at radius 3 is 2.50 bits per heavy atom. The molecule has 2 rings (SSSR count). The summed E-state index contributed by atoms with van der Waals surface area (Å²) in [6.45, 7) is 4.69. The maximum absolute atomic E-state index is 9.36. The van der Waals surface area contributed by atoms with Crippen LogP contribution in [-0.2, 0) is 0 Å². The van der Waals surface area contributed by atoms with E-state index in [1.54, 1.807) is 0 Å². The SMILES string of the molecule is CC1CN([C@@H](CO)c2ccccc2)C1. The zero-order chi connectivity index (χ0) is 9.97. The molecule has 1 fully saturated rings. The quantitative estimate of drug-likeness (QED) is 0.785. The highest BCUT2D eigenvalue weighted by Crippen LogP contribution is 2.27. The minimum Gasteiger partial charge on any atom is -0.394 e. The summed E-state index contributed by atoms with van der Waals surface area (Å²) in [7, 11) is 0. The standard InChI is InChI=1S/C12H17NO/c1-10-7-13(8-10)12(9-14)11-5-3-2-4-6-11/h2-6,10,12,14H,7-9H2,1H3/t12-/m0/s1. The largest absolute Gasteiger partial charge is 0.394 e. The minimum absolute atomic E-state index is 0.201. The Labute approximate surface area is 85.2 Å². The number of benzene rings is 1. The van der Waals surface area contributed by atoms with Crippen molar-refractivity contribution in [3.8, 4) is 0 Å². The number of hydrogen-bond donors (Lipinski definition) is 1. The van der Waals surface area contributed by atoms with Gasteiger partial charge in [0.2, 0.25) is 0 Å². The molecule has 0 spiro atoms. The monoisotopic (exact) mass is 191 g/mol. The molecule has 14 heavy (non-hydrogen) atoms. The van der Waals surface area contributed by atoms with Crippen LogP contribution in [-0.4, -0.2) is 29.7 Å². The molecule has 2 nitrogen and oxygen atoms in total. The van der Waals surface area contributed by atoms with Crippen LogP contribution in [0.2, 0.25) is 0 Å². The molecule has 1 atom stereocenters.